The minimum atomic E-state index is -0.247. The van der Waals surface area contributed by atoms with Gasteiger partial charge in [0.15, 0.2) is 0 Å². The van der Waals surface area contributed by atoms with Gasteiger partial charge in [0.2, 0.25) is 0 Å². The van der Waals surface area contributed by atoms with Crippen molar-refractivity contribution in [2.45, 2.75) is 89.9 Å². The largest absolute Gasteiger partial charge is 0.490 e. The first-order chi connectivity index (χ1) is 10.3. The van der Waals surface area contributed by atoms with Crippen LogP contribution in [0.5, 0.6) is 0 Å². The van der Waals surface area contributed by atoms with Crippen molar-refractivity contribution in [3.05, 3.63) is 11.5 Å². The zero-order valence-corrected chi connectivity index (χ0v) is 16.9. The van der Waals surface area contributed by atoms with Crippen LogP contribution in [0.4, 0.5) is 0 Å². The average molecular weight is 322 g/mol. The molecular formula is C17H31BO3Si. The molecule has 3 aliphatic rings. The average Bonchev–Trinajstić information content (AvgIpc) is 2.68. The highest BCUT2D eigenvalue weighted by atomic mass is 28.2. The topological polar surface area (TPSA) is 27.7 Å². The Morgan fingerprint density at radius 1 is 1.09 bits per heavy atom. The molecule has 1 unspecified atom stereocenters. The second-order valence-electron chi connectivity index (χ2n) is 8.43. The fourth-order valence-electron chi connectivity index (χ4n) is 4.38. The van der Waals surface area contributed by atoms with Crippen molar-refractivity contribution < 1.29 is 13.7 Å². The lowest BCUT2D eigenvalue weighted by Gasteiger charge is -2.46. The van der Waals surface area contributed by atoms with Gasteiger partial charge in [0.1, 0.15) is 10.5 Å². The van der Waals surface area contributed by atoms with Gasteiger partial charge in [-0.05, 0) is 64.3 Å². The van der Waals surface area contributed by atoms with E-state index >= 15 is 0 Å². The van der Waals surface area contributed by atoms with Gasteiger partial charge in [0.25, 0.3) is 0 Å². The van der Waals surface area contributed by atoms with Gasteiger partial charge < -0.3 is 13.7 Å². The number of hydrogen-bond acceptors (Lipinski definition) is 3. The van der Waals surface area contributed by atoms with Crippen LogP contribution in [0.2, 0.25) is 0 Å². The van der Waals surface area contributed by atoms with Gasteiger partial charge in [-0.25, -0.2) is 0 Å². The number of allylic oxidation sites excluding steroid dienone is 1. The number of hydrogen-bond donors (Lipinski definition) is 0. The smallest absolute Gasteiger partial charge is 0.424 e. The van der Waals surface area contributed by atoms with Crippen LogP contribution in [0.3, 0.4) is 0 Å². The van der Waals surface area contributed by atoms with Crippen LogP contribution in [0, 0.1) is 5.41 Å². The van der Waals surface area contributed by atoms with Crippen molar-refractivity contribution in [2.24, 2.45) is 5.41 Å². The molecule has 2 aliphatic carbocycles. The van der Waals surface area contributed by atoms with Crippen LogP contribution < -0.4 is 0 Å². The quantitative estimate of drug-likeness (QED) is 0.732. The van der Waals surface area contributed by atoms with E-state index in [0.29, 0.717) is 11.5 Å². The van der Waals surface area contributed by atoms with Crippen LogP contribution in [-0.4, -0.2) is 34.9 Å². The molecule has 0 N–H and O–H groups in total. The summed E-state index contributed by atoms with van der Waals surface area (Å²) in [4.78, 5) is 0. The van der Waals surface area contributed by atoms with E-state index in [1.807, 2.05) is 0 Å². The minimum Gasteiger partial charge on any atom is -0.424 e. The Kier molecular flexibility index (Phi) is 4.39. The normalized spacial score (nSPS) is 33.2. The zero-order chi connectivity index (χ0) is 16.0. The van der Waals surface area contributed by atoms with Crippen LogP contribution in [-0.2, 0) is 13.7 Å². The van der Waals surface area contributed by atoms with Crippen molar-refractivity contribution in [3.8, 4) is 0 Å². The lowest BCUT2D eigenvalue weighted by Crippen LogP contribution is -2.43. The molecule has 0 amide bonds. The third-order valence-corrected chi connectivity index (χ3v) is 7.09. The van der Waals surface area contributed by atoms with E-state index < -0.39 is 0 Å². The maximum absolute atomic E-state index is 6.28. The highest BCUT2D eigenvalue weighted by molar-refractivity contribution is 6.54. The second kappa shape index (κ2) is 5.76. The Hall–Kier alpha value is -0.0982. The summed E-state index contributed by atoms with van der Waals surface area (Å²) < 4.78 is 18.6. The molecule has 3 nitrogen and oxygen atoms in total. The van der Waals surface area contributed by atoms with Crippen molar-refractivity contribution in [1.82, 2.24) is 0 Å². The van der Waals surface area contributed by atoms with E-state index in [2.05, 4.69) is 33.8 Å². The van der Waals surface area contributed by atoms with Crippen molar-refractivity contribution in [2.75, 3.05) is 0 Å². The van der Waals surface area contributed by atoms with E-state index in [1.165, 1.54) is 37.6 Å². The van der Waals surface area contributed by atoms with Gasteiger partial charge in [-0.15, -0.1) is 0 Å². The summed E-state index contributed by atoms with van der Waals surface area (Å²) in [5, 5.41) is 0. The summed E-state index contributed by atoms with van der Waals surface area (Å²) in [5.41, 5.74) is 1.20. The van der Waals surface area contributed by atoms with Crippen LogP contribution in [0.15, 0.2) is 11.5 Å². The van der Waals surface area contributed by atoms with E-state index in [-0.39, 0.29) is 18.3 Å². The highest BCUT2D eigenvalue weighted by Gasteiger charge is 2.54. The Bertz CT molecular complexity index is 439. The molecule has 1 heterocycles. The van der Waals surface area contributed by atoms with Crippen molar-refractivity contribution >= 4 is 17.6 Å². The molecule has 0 aromatic rings. The summed E-state index contributed by atoms with van der Waals surface area (Å²) >= 11 is 0. The molecule has 0 radical (unpaired) electrons. The van der Waals surface area contributed by atoms with Crippen molar-refractivity contribution in [3.63, 3.8) is 0 Å². The molecule has 2 fully saturated rings. The first-order valence-electron chi connectivity index (χ1n) is 8.87. The van der Waals surface area contributed by atoms with Gasteiger partial charge in [0.05, 0.1) is 17.3 Å². The molecule has 0 bridgehead atoms. The van der Waals surface area contributed by atoms with Crippen LogP contribution in [0.1, 0.15) is 72.6 Å². The third kappa shape index (κ3) is 2.74. The molecule has 0 aromatic heterocycles. The van der Waals surface area contributed by atoms with Crippen molar-refractivity contribution in [1.29, 1.82) is 0 Å². The van der Waals surface area contributed by atoms with Gasteiger partial charge in [-0.3, -0.25) is 0 Å². The summed E-state index contributed by atoms with van der Waals surface area (Å²) in [7, 11) is 0.665. The first-order valence-corrected chi connectivity index (χ1v) is 9.69. The molecule has 1 atom stereocenters. The molecule has 1 spiro atoms. The fraction of sp³-hybridized carbons (Fsp3) is 0.882. The highest BCUT2D eigenvalue weighted by Crippen LogP contribution is 2.50. The Balaban J connectivity index is 1.80. The van der Waals surface area contributed by atoms with Gasteiger partial charge in [0, 0.05) is 0 Å². The van der Waals surface area contributed by atoms with E-state index in [4.69, 9.17) is 13.7 Å². The minimum absolute atomic E-state index is 0.168. The molecule has 22 heavy (non-hydrogen) atoms. The molecule has 124 valence electrons. The fourth-order valence-corrected chi connectivity index (χ4v) is 5.07. The molecule has 1 aliphatic heterocycles. The summed E-state index contributed by atoms with van der Waals surface area (Å²) in [5.74, 6) is 0. The summed E-state index contributed by atoms with van der Waals surface area (Å²) in [6.45, 7) is 8.54. The molecule has 5 heteroatoms. The van der Waals surface area contributed by atoms with E-state index in [1.54, 1.807) is 0 Å². The van der Waals surface area contributed by atoms with Gasteiger partial charge in [-0.1, -0.05) is 25.3 Å². The lowest BCUT2D eigenvalue weighted by atomic mass is 9.58. The van der Waals surface area contributed by atoms with Gasteiger partial charge in [-0.2, -0.15) is 0 Å². The maximum atomic E-state index is 6.28. The maximum Gasteiger partial charge on any atom is 0.490 e. The Morgan fingerprint density at radius 2 is 1.68 bits per heavy atom. The summed E-state index contributed by atoms with van der Waals surface area (Å²) in [6.07, 6.45) is 11.6. The number of rotatable bonds is 2. The molecule has 1 saturated heterocycles. The predicted octanol–water partition coefficient (Wildman–Crippen LogP) is 2.95. The second-order valence-corrected chi connectivity index (χ2v) is 8.90. The van der Waals surface area contributed by atoms with Gasteiger partial charge >= 0.3 is 7.12 Å². The van der Waals surface area contributed by atoms with E-state index in [9.17, 15) is 0 Å². The Labute approximate surface area is 138 Å². The Morgan fingerprint density at radius 3 is 2.23 bits per heavy atom. The third-order valence-electron chi connectivity index (χ3n) is 6.52. The lowest BCUT2D eigenvalue weighted by molar-refractivity contribution is 0.00578. The molecule has 3 rings (SSSR count). The molecule has 1 saturated carbocycles. The first kappa shape index (κ1) is 16.7. The molecule has 0 aromatic carbocycles. The molecular weight excluding hydrogens is 291 g/mol. The summed E-state index contributed by atoms with van der Waals surface area (Å²) in [6, 6.07) is 0. The van der Waals surface area contributed by atoms with Crippen LogP contribution in [0.25, 0.3) is 0 Å². The predicted molar refractivity (Wildman–Crippen MR) is 93.7 cm³/mol. The van der Waals surface area contributed by atoms with Crippen LogP contribution >= 0.6 is 0 Å². The zero-order valence-electron chi connectivity index (χ0n) is 14.9. The van der Waals surface area contributed by atoms with E-state index in [0.717, 1.165) is 23.3 Å². The monoisotopic (exact) mass is 322 g/mol. The standard InChI is InChI=1S/C17H31BO3Si/c1-15(2)16(3,4)21-18(20-15)13-8-9-14(19-22)17(12-13)10-6-5-7-11-17/h8,14H,5-7,9-12H2,1-4,22H3. The SMILES string of the molecule is CC1(C)OB(C2=CCC(O[SiH3])C3(CCCCC3)C2)OC1(C)C.